The quantitative estimate of drug-likeness (QED) is 0.763. The Kier molecular flexibility index (Phi) is 3.59. The molecule has 0 spiro atoms. The van der Waals surface area contributed by atoms with Crippen molar-refractivity contribution in [1.29, 1.82) is 0 Å². The second-order valence-corrected chi connectivity index (χ2v) is 6.14. The number of carbonyl (C=O) groups is 1. The van der Waals surface area contributed by atoms with E-state index in [1.165, 1.54) is 24.3 Å². The lowest BCUT2D eigenvalue weighted by Gasteiger charge is -2.10. The fourth-order valence-electron chi connectivity index (χ4n) is 1.87. The molecule has 1 aromatic carbocycles. The van der Waals surface area contributed by atoms with Gasteiger partial charge in [0.25, 0.3) is 0 Å². The predicted octanol–water partition coefficient (Wildman–Crippen LogP) is 1.45. The standard InChI is InChI=1S/C12H14O4S/c13-8-10-3-5-12(6-4-10)17(14,15)9-11-2-1-7-16-11/h3-6,8,11H,1-2,7,9H2. The molecule has 0 saturated carbocycles. The zero-order valence-corrected chi connectivity index (χ0v) is 10.2. The van der Waals surface area contributed by atoms with Crippen LogP contribution in [0.15, 0.2) is 29.2 Å². The van der Waals surface area contributed by atoms with Gasteiger partial charge in [-0.15, -0.1) is 0 Å². The first kappa shape index (κ1) is 12.3. The summed E-state index contributed by atoms with van der Waals surface area (Å²) in [7, 11) is -3.31. The van der Waals surface area contributed by atoms with Crippen LogP contribution >= 0.6 is 0 Å². The molecular weight excluding hydrogens is 240 g/mol. The highest BCUT2D eigenvalue weighted by Crippen LogP contribution is 2.19. The molecule has 0 aromatic heterocycles. The Morgan fingerprint density at radius 3 is 2.53 bits per heavy atom. The molecule has 1 aromatic rings. The molecule has 0 amide bonds. The third kappa shape index (κ3) is 2.92. The Hall–Kier alpha value is -1.20. The van der Waals surface area contributed by atoms with Crippen LogP contribution in [0.25, 0.3) is 0 Å². The van der Waals surface area contributed by atoms with E-state index in [2.05, 4.69) is 0 Å². The maximum Gasteiger partial charge on any atom is 0.180 e. The van der Waals surface area contributed by atoms with E-state index < -0.39 is 9.84 Å². The molecule has 0 bridgehead atoms. The van der Waals surface area contributed by atoms with Crippen molar-refractivity contribution in [3.05, 3.63) is 29.8 Å². The smallest absolute Gasteiger partial charge is 0.180 e. The first-order valence-electron chi connectivity index (χ1n) is 5.51. The van der Waals surface area contributed by atoms with E-state index in [9.17, 15) is 13.2 Å². The van der Waals surface area contributed by atoms with E-state index >= 15 is 0 Å². The Morgan fingerprint density at radius 2 is 2.00 bits per heavy atom. The summed E-state index contributed by atoms with van der Waals surface area (Å²) in [6.45, 7) is 0.643. The van der Waals surface area contributed by atoms with Crippen LogP contribution in [0, 0.1) is 0 Å². The monoisotopic (exact) mass is 254 g/mol. The molecule has 5 heteroatoms. The number of carbonyl (C=O) groups excluding carboxylic acids is 1. The van der Waals surface area contributed by atoms with Crippen molar-refractivity contribution >= 4 is 16.1 Å². The van der Waals surface area contributed by atoms with Gasteiger partial charge in [-0.1, -0.05) is 12.1 Å². The molecule has 1 aliphatic heterocycles. The fraction of sp³-hybridized carbons (Fsp3) is 0.417. The van der Waals surface area contributed by atoms with Gasteiger partial charge < -0.3 is 4.74 Å². The Bertz CT molecular complexity index is 484. The van der Waals surface area contributed by atoms with E-state index in [4.69, 9.17) is 4.74 Å². The summed E-state index contributed by atoms with van der Waals surface area (Å²) < 4.78 is 29.4. The van der Waals surface area contributed by atoms with Gasteiger partial charge in [0, 0.05) is 12.2 Å². The fourth-order valence-corrected chi connectivity index (χ4v) is 3.37. The summed E-state index contributed by atoms with van der Waals surface area (Å²) in [6.07, 6.45) is 2.22. The molecular formula is C12H14O4S. The van der Waals surface area contributed by atoms with Gasteiger partial charge in [-0.25, -0.2) is 8.42 Å². The van der Waals surface area contributed by atoms with Crippen LogP contribution in [-0.2, 0) is 14.6 Å². The van der Waals surface area contributed by atoms with E-state index in [0.29, 0.717) is 18.5 Å². The minimum atomic E-state index is -3.31. The zero-order chi connectivity index (χ0) is 12.3. The molecule has 0 radical (unpaired) electrons. The number of hydrogen-bond donors (Lipinski definition) is 0. The third-order valence-corrected chi connectivity index (χ3v) is 4.61. The molecule has 0 aliphatic carbocycles. The first-order chi connectivity index (χ1) is 8.12. The van der Waals surface area contributed by atoms with Gasteiger partial charge in [-0.2, -0.15) is 0 Å². The molecule has 0 N–H and O–H groups in total. The van der Waals surface area contributed by atoms with Crippen molar-refractivity contribution < 1.29 is 17.9 Å². The van der Waals surface area contributed by atoms with Crippen LogP contribution < -0.4 is 0 Å². The number of rotatable bonds is 4. The van der Waals surface area contributed by atoms with Gasteiger partial charge in [-0.3, -0.25) is 4.79 Å². The lowest BCUT2D eigenvalue weighted by molar-refractivity contribution is 0.112. The number of sulfone groups is 1. The lowest BCUT2D eigenvalue weighted by Crippen LogP contribution is -2.20. The minimum Gasteiger partial charge on any atom is -0.377 e. The van der Waals surface area contributed by atoms with Crippen LogP contribution in [0.2, 0.25) is 0 Å². The van der Waals surface area contributed by atoms with Gasteiger partial charge in [-0.05, 0) is 25.0 Å². The van der Waals surface area contributed by atoms with E-state index in [0.717, 1.165) is 12.8 Å². The molecule has 92 valence electrons. The van der Waals surface area contributed by atoms with Crippen molar-refractivity contribution in [3.8, 4) is 0 Å². The predicted molar refractivity (Wildman–Crippen MR) is 62.9 cm³/mol. The molecule has 17 heavy (non-hydrogen) atoms. The average molecular weight is 254 g/mol. The topological polar surface area (TPSA) is 60.4 Å². The van der Waals surface area contributed by atoms with Crippen LogP contribution in [0.4, 0.5) is 0 Å². The maximum atomic E-state index is 12.0. The Labute approximate surface area is 101 Å². The highest BCUT2D eigenvalue weighted by Gasteiger charge is 2.24. The van der Waals surface area contributed by atoms with Crippen molar-refractivity contribution in [1.82, 2.24) is 0 Å². The maximum absolute atomic E-state index is 12.0. The summed E-state index contributed by atoms with van der Waals surface area (Å²) in [5, 5.41) is 0. The Morgan fingerprint density at radius 1 is 1.29 bits per heavy atom. The average Bonchev–Trinajstić information content (AvgIpc) is 2.81. The van der Waals surface area contributed by atoms with E-state index in [1.807, 2.05) is 0 Å². The third-order valence-electron chi connectivity index (χ3n) is 2.80. The molecule has 1 aliphatic rings. The first-order valence-corrected chi connectivity index (χ1v) is 7.17. The molecule has 1 fully saturated rings. The zero-order valence-electron chi connectivity index (χ0n) is 9.33. The minimum absolute atomic E-state index is 0.0213. The van der Waals surface area contributed by atoms with E-state index in [1.54, 1.807) is 0 Å². The highest BCUT2D eigenvalue weighted by molar-refractivity contribution is 7.91. The summed E-state index contributed by atoms with van der Waals surface area (Å²) in [5.74, 6) is 0.0213. The molecule has 4 nitrogen and oxygen atoms in total. The number of hydrogen-bond acceptors (Lipinski definition) is 4. The van der Waals surface area contributed by atoms with Crippen molar-refractivity contribution in [2.75, 3.05) is 12.4 Å². The van der Waals surface area contributed by atoms with Crippen molar-refractivity contribution in [2.45, 2.75) is 23.8 Å². The number of ether oxygens (including phenoxy) is 1. The van der Waals surface area contributed by atoms with Gasteiger partial charge in [0.2, 0.25) is 0 Å². The molecule has 1 heterocycles. The number of benzene rings is 1. The summed E-state index contributed by atoms with van der Waals surface area (Å²) in [6, 6.07) is 5.95. The van der Waals surface area contributed by atoms with Gasteiger partial charge in [0.05, 0.1) is 16.8 Å². The van der Waals surface area contributed by atoms with Gasteiger partial charge in [0.15, 0.2) is 9.84 Å². The summed E-state index contributed by atoms with van der Waals surface area (Å²) in [4.78, 5) is 10.7. The van der Waals surface area contributed by atoms with Gasteiger partial charge >= 0.3 is 0 Å². The van der Waals surface area contributed by atoms with Crippen LogP contribution in [0.5, 0.6) is 0 Å². The largest absolute Gasteiger partial charge is 0.377 e. The second-order valence-electron chi connectivity index (χ2n) is 4.10. The molecule has 1 atom stereocenters. The lowest BCUT2D eigenvalue weighted by atomic mass is 10.2. The van der Waals surface area contributed by atoms with Crippen molar-refractivity contribution in [3.63, 3.8) is 0 Å². The highest BCUT2D eigenvalue weighted by atomic mass is 32.2. The van der Waals surface area contributed by atoms with Crippen LogP contribution in [0.3, 0.4) is 0 Å². The van der Waals surface area contributed by atoms with Crippen LogP contribution in [-0.4, -0.2) is 33.2 Å². The normalized spacial score (nSPS) is 20.4. The molecule has 1 saturated heterocycles. The van der Waals surface area contributed by atoms with Crippen molar-refractivity contribution in [2.24, 2.45) is 0 Å². The summed E-state index contributed by atoms with van der Waals surface area (Å²) in [5.41, 5.74) is 0.473. The van der Waals surface area contributed by atoms with Crippen LogP contribution in [0.1, 0.15) is 23.2 Å². The number of aldehydes is 1. The van der Waals surface area contributed by atoms with E-state index in [-0.39, 0.29) is 16.8 Å². The molecule has 1 unspecified atom stereocenters. The SMILES string of the molecule is O=Cc1ccc(S(=O)(=O)CC2CCCO2)cc1. The Balaban J connectivity index is 2.15. The van der Waals surface area contributed by atoms with Gasteiger partial charge in [0.1, 0.15) is 6.29 Å². The molecule has 2 rings (SSSR count). The second kappa shape index (κ2) is 4.98. The summed E-state index contributed by atoms with van der Waals surface area (Å²) >= 11 is 0.